The highest BCUT2D eigenvalue weighted by Gasteiger charge is 2.22. The summed E-state index contributed by atoms with van der Waals surface area (Å²) < 4.78 is 0.175. The van der Waals surface area contributed by atoms with Gasteiger partial charge in [0, 0.05) is 0 Å². The highest BCUT2D eigenvalue weighted by molar-refractivity contribution is 9.10. The van der Waals surface area contributed by atoms with Crippen LogP contribution in [0, 0.1) is 10.1 Å². The number of aromatic amines is 1. The lowest BCUT2D eigenvalue weighted by atomic mass is 10.5. The van der Waals surface area contributed by atoms with Crippen molar-refractivity contribution in [1.29, 1.82) is 0 Å². The number of hydrogen-bond acceptors (Lipinski definition) is 2. The summed E-state index contributed by atoms with van der Waals surface area (Å²) in [6, 6.07) is 0. The van der Waals surface area contributed by atoms with Crippen molar-refractivity contribution in [3.05, 3.63) is 24.9 Å². The van der Waals surface area contributed by atoms with Gasteiger partial charge in [-0.1, -0.05) is 23.2 Å². The van der Waals surface area contributed by atoms with Crippen LogP contribution < -0.4 is 0 Å². The second-order valence-corrected chi connectivity index (χ2v) is 3.22. The topological polar surface area (TPSA) is 58.9 Å². The van der Waals surface area contributed by atoms with Gasteiger partial charge in [-0.15, -0.1) is 0 Å². The summed E-state index contributed by atoms with van der Waals surface area (Å²) in [6.07, 6.45) is 0. The maximum Gasteiger partial charge on any atom is 0.321 e. The first-order valence-corrected chi connectivity index (χ1v) is 3.95. The van der Waals surface area contributed by atoms with E-state index in [1.165, 1.54) is 0 Å². The van der Waals surface area contributed by atoms with Crippen molar-refractivity contribution in [2.45, 2.75) is 0 Å². The Kier molecular flexibility index (Phi) is 2.41. The van der Waals surface area contributed by atoms with E-state index in [0.717, 1.165) is 0 Å². The molecule has 4 nitrogen and oxygen atoms in total. The maximum atomic E-state index is 10.3. The average Bonchev–Trinajstić information content (AvgIpc) is 2.07. The summed E-state index contributed by atoms with van der Waals surface area (Å²) in [4.78, 5) is 12.1. The van der Waals surface area contributed by atoms with Gasteiger partial charge in [0.05, 0.1) is 4.92 Å². The normalized spacial score (nSPS) is 10.1. The Balaban J connectivity index is 3.34. The summed E-state index contributed by atoms with van der Waals surface area (Å²) in [5, 5.41) is 10.3. The third-order valence-corrected chi connectivity index (χ3v) is 2.57. The summed E-state index contributed by atoms with van der Waals surface area (Å²) in [5.41, 5.74) is -0.239. The van der Waals surface area contributed by atoms with E-state index in [4.69, 9.17) is 23.2 Å². The highest BCUT2D eigenvalue weighted by Crippen LogP contribution is 2.37. The molecule has 0 atom stereocenters. The van der Waals surface area contributed by atoms with Crippen LogP contribution in [-0.4, -0.2) is 9.91 Å². The Hall–Kier alpha value is -0.260. The number of rotatable bonds is 1. The van der Waals surface area contributed by atoms with Crippen LogP contribution in [0.5, 0.6) is 0 Å². The molecule has 7 heteroatoms. The van der Waals surface area contributed by atoms with Crippen molar-refractivity contribution in [2.75, 3.05) is 0 Å². The molecule has 1 N–H and O–H groups in total. The molecule has 0 unspecified atom stereocenters. The molecule has 60 valence electrons. The molecule has 0 aliphatic heterocycles. The smallest absolute Gasteiger partial charge is 0.321 e. The Morgan fingerprint density at radius 3 is 2.18 bits per heavy atom. The molecule has 0 saturated heterocycles. The van der Waals surface area contributed by atoms with E-state index >= 15 is 0 Å². The zero-order valence-corrected chi connectivity index (χ0v) is 8.00. The van der Waals surface area contributed by atoms with Gasteiger partial charge in [-0.2, -0.15) is 0 Å². The van der Waals surface area contributed by atoms with Crippen LogP contribution in [0.15, 0.2) is 4.47 Å². The number of hydrogen-bond donors (Lipinski definition) is 1. The van der Waals surface area contributed by atoms with E-state index in [1.807, 2.05) is 0 Å². The van der Waals surface area contributed by atoms with Crippen molar-refractivity contribution < 1.29 is 4.92 Å². The predicted molar refractivity (Wildman–Crippen MR) is 45.2 cm³/mol. The predicted octanol–water partition coefficient (Wildman–Crippen LogP) is 2.99. The summed E-state index contributed by atoms with van der Waals surface area (Å²) >= 11 is 13.8. The van der Waals surface area contributed by atoms with Crippen molar-refractivity contribution >= 4 is 44.8 Å². The van der Waals surface area contributed by atoms with Crippen molar-refractivity contribution in [3.8, 4) is 0 Å². The van der Waals surface area contributed by atoms with Gasteiger partial charge in [0.1, 0.15) is 9.63 Å². The van der Waals surface area contributed by atoms with Gasteiger partial charge in [0.15, 0.2) is 5.15 Å². The van der Waals surface area contributed by atoms with Gasteiger partial charge in [-0.05, 0) is 15.9 Å². The molecule has 0 fully saturated rings. The third-order valence-electron chi connectivity index (χ3n) is 1.01. The molecular formula is C4HBrCl2N2O2. The number of nitrogens with zero attached hydrogens (tertiary/aromatic N) is 1. The zero-order valence-electron chi connectivity index (χ0n) is 4.90. The quantitative estimate of drug-likeness (QED) is 0.623. The van der Waals surface area contributed by atoms with Crippen molar-refractivity contribution in [2.24, 2.45) is 0 Å². The Bertz CT molecular complexity index is 311. The van der Waals surface area contributed by atoms with Crippen molar-refractivity contribution in [3.63, 3.8) is 0 Å². The fourth-order valence-electron chi connectivity index (χ4n) is 0.571. The molecule has 1 rings (SSSR count). The van der Waals surface area contributed by atoms with E-state index in [0.29, 0.717) is 0 Å². The molecule has 0 aromatic carbocycles. The lowest BCUT2D eigenvalue weighted by molar-refractivity contribution is -0.385. The Morgan fingerprint density at radius 1 is 1.45 bits per heavy atom. The molecule has 0 radical (unpaired) electrons. The maximum absolute atomic E-state index is 10.3. The standard InChI is InChI=1S/C4HBrCl2N2O2/c5-1-2(9(10)11)4(7)8-3(1)6/h8H. The minimum atomic E-state index is -0.616. The minimum absolute atomic E-state index is 0.0770. The molecule has 0 amide bonds. The number of nitrogens with one attached hydrogen (secondary N) is 1. The van der Waals surface area contributed by atoms with E-state index in [9.17, 15) is 10.1 Å². The fraction of sp³-hybridized carbons (Fsp3) is 0. The SMILES string of the molecule is O=[N+]([O-])c1c(Cl)[nH]c(Cl)c1Br. The number of halogens is 3. The van der Waals surface area contributed by atoms with Gasteiger partial charge in [-0.25, -0.2) is 0 Å². The van der Waals surface area contributed by atoms with Gasteiger partial charge in [-0.3, -0.25) is 10.1 Å². The second kappa shape index (κ2) is 3.00. The van der Waals surface area contributed by atoms with Crippen LogP contribution in [-0.2, 0) is 0 Å². The molecule has 1 heterocycles. The molecule has 0 spiro atoms. The number of aromatic nitrogens is 1. The Morgan fingerprint density at radius 2 is 2.00 bits per heavy atom. The van der Waals surface area contributed by atoms with E-state index in [-0.39, 0.29) is 20.5 Å². The van der Waals surface area contributed by atoms with E-state index in [2.05, 4.69) is 20.9 Å². The first kappa shape index (κ1) is 8.83. The molecule has 0 aliphatic rings. The molecular weight excluding hydrogens is 259 g/mol. The van der Waals surface area contributed by atoms with Crippen LogP contribution in [0.2, 0.25) is 10.3 Å². The van der Waals surface area contributed by atoms with Gasteiger partial charge < -0.3 is 4.98 Å². The monoisotopic (exact) mass is 258 g/mol. The Labute approximate surface area is 79.8 Å². The molecule has 0 saturated carbocycles. The van der Waals surface area contributed by atoms with Gasteiger partial charge in [0.25, 0.3) is 0 Å². The fourth-order valence-corrected chi connectivity index (χ4v) is 1.62. The first-order valence-electron chi connectivity index (χ1n) is 2.41. The van der Waals surface area contributed by atoms with Crippen LogP contribution in [0.4, 0.5) is 5.69 Å². The average molecular weight is 260 g/mol. The molecule has 0 bridgehead atoms. The molecule has 1 aromatic rings. The van der Waals surface area contributed by atoms with Crippen LogP contribution in [0.1, 0.15) is 0 Å². The molecule has 11 heavy (non-hydrogen) atoms. The van der Waals surface area contributed by atoms with E-state index in [1.54, 1.807) is 0 Å². The molecule has 1 aromatic heterocycles. The molecule has 0 aliphatic carbocycles. The largest absolute Gasteiger partial charge is 0.330 e. The van der Waals surface area contributed by atoms with Crippen LogP contribution in [0.25, 0.3) is 0 Å². The summed E-state index contributed by atoms with van der Waals surface area (Å²) in [6.45, 7) is 0. The van der Waals surface area contributed by atoms with Crippen molar-refractivity contribution in [1.82, 2.24) is 4.98 Å². The highest BCUT2D eigenvalue weighted by atomic mass is 79.9. The first-order chi connectivity index (χ1) is 5.04. The number of H-pyrrole nitrogens is 1. The summed E-state index contributed by atoms with van der Waals surface area (Å²) in [7, 11) is 0. The third kappa shape index (κ3) is 1.50. The minimum Gasteiger partial charge on any atom is -0.330 e. The second-order valence-electron chi connectivity index (χ2n) is 1.67. The number of nitro groups is 1. The lowest BCUT2D eigenvalue weighted by Crippen LogP contribution is -1.86. The van der Waals surface area contributed by atoms with Crippen LogP contribution in [0.3, 0.4) is 0 Å². The summed E-state index contributed by atoms with van der Waals surface area (Å²) in [5.74, 6) is 0. The van der Waals surface area contributed by atoms with Gasteiger partial charge in [0.2, 0.25) is 0 Å². The van der Waals surface area contributed by atoms with Gasteiger partial charge >= 0.3 is 5.69 Å². The zero-order chi connectivity index (χ0) is 8.59. The van der Waals surface area contributed by atoms with E-state index < -0.39 is 4.92 Å². The van der Waals surface area contributed by atoms with Crippen LogP contribution >= 0.6 is 39.1 Å². The lowest BCUT2D eigenvalue weighted by Gasteiger charge is -1.85.